The van der Waals surface area contributed by atoms with Gasteiger partial charge < -0.3 is 20.9 Å². The molecule has 6 heteroatoms. The zero-order valence-electron chi connectivity index (χ0n) is 12.3. The number of nitrogens with one attached hydrogen (secondary N) is 2. The maximum absolute atomic E-state index is 12.6. The van der Waals surface area contributed by atoms with Crippen LogP contribution in [-0.4, -0.2) is 41.8 Å². The number of carbonyl (C=O) groups excluding carboxylic acids is 2. The van der Waals surface area contributed by atoms with Crippen LogP contribution in [0.1, 0.15) is 23.7 Å². The summed E-state index contributed by atoms with van der Waals surface area (Å²) in [5.74, 6) is -0.336. The number of hydrogen-bond acceptors (Lipinski definition) is 3. The number of hydrogen-bond donors (Lipinski definition) is 3. The molecule has 2 amide bonds. The first kappa shape index (κ1) is 14.9. The SMILES string of the molecule is CCCN(CC(=O)NC)C(=O)c1c[nH]c2cc(N)ccc12. The fraction of sp³-hybridized carbons (Fsp3) is 0.333. The van der Waals surface area contributed by atoms with Crippen molar-refractivity contribution in [3.63, 3.8) is 0 Å². The van der Waals surface area contributed by atoms with Gasteiger partial charge in [-0.3, -0.25) is 9.59 Å². The third-order valence-corrected chi connectivity index (χ3v) is 3.33. The topological polar surface area (TPSA) is 91.2 Å². The zero-order valence-corrected chi connectivity index (χ0v) is 12.3. The van der Waals surface area contributed by atoms with Crippen LogP contribution in [0.5, 0.6) is 0 Å². The molecule has 0 saturated heterocycles. The molecule has 0 fully saturated rings. The van der Waals surface area contributed by atoms with Gasteiger partial charge in [0.1, 0.15) is 0 Å². The van der Waals surface area contributed by atoms with Gasteiger partial charge in [-0.05, 0) is 24.6 Å². The van der Waals surface area contributed by atoms with Crippen molar-refractivity contribution in [1.29, 1.82) is 0 Å². The van der Waals surface area contributed by atoms with E-state index in [2.05, 4.69) is 10.3 Å². The van der Waals surface area contributed by atoms with E-state index in [1.165, 1.54) is 0 Å². The Balaban J connectivity index is 2.32. The summed E-state index contributed by atoms with van der Waals surface area (Å²) in [7, 11) is 1.56. The molecule has 0 aliphatic carbocycles. The van der Waals surface area contributed by atoms with E-state index in [0.29, 0.717) is 17.8 Å². The van der Waals surface area contributed by atoms with Crippen LogP contribution in [0.2, 0.25) is 0 Å². The highest BCUT2D eigenvalue weighted by atomic mass is 16.2. The molecule has 4 N–H and O–H groups in total. The van der Waals surface area contributed by atoms with Crippen molar-refractivity contribution in [2.45, 2.75) is 13.3 Å². The molecule has 0 unspecified atom stereocenters. The van der Waals surface area contributed by atoms with Gasteiger partial charge in [-0.25, -0.2) is 0 Å². The standard InChI is InChI=1S/C15H20N4O2/c1-3-6-19(9-14(20)17-2)15(21)12-8-18-13-7-10(16)4-5-11(12)13/h4-5,7-8,18H,3,6,9,16H2,1-2H3,(H,17,20). The third kappa shape index (κ3) is 3.16. The second-order valence-corrected chi connectivity index (χ2v) is 4.91. The van der Waals surface area contributed by atoms with E-state index in [9.17, 15) is 9.59 Å². The smallest absolute Gasteiger partial charge is 0.256 e. The van der Waals surface area contributed by atoms with E-state index in [-0.39, 0.29) is 18.4 Å². The Labute approximate surface area is 123 Å². The zero-order chi connectivity index (χ0) is 15.4. The third-order valence-electron chi connectivity index (χ3n) is 3.33. The van der Waals surface area contributed by atoms with Crippen molar-refractivity contribution in [2.24, 2.45) is 0 Å². The van der Waals surface area contributed by atoms with Gasteiger partial charge >= 0.3 is 0 Å². The molecule has 0 aliphatic heterocycles. The molecule has 0 aliphatic rings. The highest BCUT2D eigenvalue weighted by Gasteiger charge is 2.20. The quantitative estimate of drug-likeness (QED) is 0.725. The lowest BCUT2D eigenvalue weighted by Gasteiger charge is -2.20. The van der Waals surface area contributed by atoms with E-state index in [1.54, 1.807) is 30.3 Å². The van der Waals surface area contributed by atoms with Crippen molar-refractivity contribution in [3.8, 4) is 0 Å². The predicted molar refractivity (Wildman–Crippen MR) is 83.0 cm³/mol. The molecule has 112 valence electrons. The summed E-state index contributed by atoms with van der Waals surface area (Å²) in [5, 5.41) is 3.35. The Kier molecular flexibility index (Phi) is 4.47. The number of carbonyl (C=O) groups is 2. The van der Waals surface area contributed by atoms with Gasteiger partial charge in [-0.2, -0.15) is 0 Å². The number of fused-ring (bicyclic) bond motifs is 1. The minimum absolute atomic E-state index is 0.0603. The van der Waals surface area contributed by atoms with Crippen molar-refractivity contribution in [1.82, 2.24) is 15.2 Å². The van der Waals surface area contributed by atoms with Crippen LogP contribution in [0.3, 0.4) is 0 Å². The Morgan fingerprint density at radius 3 is 2.81 bits per heavy atom. The first-order valence-electron chi connectivity index (χ1n) is 6.93. The molecule has 2 rings (SSSR count). The number of likely N-dealkylation sites (N-methyl/N-ethyl adjacent to an activating group) is 1. The number of nitrogen functional groups attached to an aromatic ring is 1. The van der Waals surface area contributed by atoms with Crippen molar-refractivity contribution in [2.75, 3.05) is 25.9 Å². The first-order chi connectivity index (χ1) is 10.1. The average Bonchev–Trinajstić information content (AvgIpc) is 2.88. The molecule has 0 atom stereocenters. The number of nitrogens with zero attached hydrogens (tertiary/aromatic N) is 1. The second kappa shape index (κ2) is 6.30. The highest BCUT2D eigenvalue weighted by Crippen LogP contribution is 2.22. The Morgan fingerprint density at radius 1 is 1.38 bits per heavy atom. The molecule has 1 heterocycles. The van der Waals surface area contributed by atoms with E-state index in [4.69, 9.17) is 5.73 Å². The van der Waals surface area contributed by atoms with Crippen LogP contribution in [0.25, 0.3) is 10.9 Å². The van der Waals surface area contributed by atoms with Gasteiger partial charge in [0.05, 0.1) is 12.1 Å². The number of aromatic amines is 1. The summed E-state index contributed by atoms with van der Waals surface area (Å²) in [5.41, 5.74) is 7.74. The summed E-state index contributed by atoms with van der Waals surface area (Å²) >= 11 is 0. The number of benzene rings is 1. The summed E-state index contributed by atoms with van der Waals surface area (Å²) in [6.45, 7) is 2.57. The predicted octanol–water partition coefficient (Wildman–Crippen LogP) is 1.35. The largest absolute Gasteiger partial charge is 0.399 e. The van der Waals surface area contributed by atoms with Crippen molar-refractivity contribution >= 4 is 28.4 Å². The Hall–Kier alpha value is -2.50. The molecule has 0 bridgehead atoms. The van der Waals surface area contributed by atoms with Crippen LogP contribution in [0, 0.1) is 0 Å². The van der Waals surface area contributed by atoms with Gasteiger partial charge in [-0.1, -0.05) is 6.92 Å². The lowest BCUT2D eigenvalue weighted by atomic mass is 10.1. The number of amides is 2. The minimum Gasteiger partial charge on any atom is -0.399 e. The van der Waals surface area contributed by atoms with Crippen LogP contribution in [0.15, 0.2) is 24.4 Å². The molecule has 1 aromatic carbocycles. The van der Waals surface area contributed by atoms with Gasteiger partial charge in [0.2, 0.25) is 5.91 Å². The number of nitrogens with two attached hydrogens (primary N) is 1. The van der Waals surface area contributed by atoms with Crippen LogP contribution >= 0.6 is 0 Å². The van der Waals surface area contributed by atoms with Crippen LogP contribution < -0.4 is 11.1 Å². The lowest BCUT2D eigenvalue weighted by Crippen LogP contribution is -2.40. The molecule has 6 nitrogen and oxygen atoms in total. The number of anilines is 1. The maximum atomic E-state index is 12.6. The molecular formula is C15H20N4O2. The van der Waals surface area contributed by atoms with Gasteiger partial charge in [-0.15, -0.1) is 0 Å². The summed E-state index contributed by atoms with van der Waals surface area (Å²) in [6, 6.07) is 5.36. The maximum Gasteiger partial charge on any atom is 0.256 e. The second-order valence-electron chi connectivity index (χ2n) is 4.91. The molecule has 2 aromatic rings. The first-order valence-corrected chi connectivity index (χ1v) is 6.93. The minimum atomic E-state index is -0.180. The highest BCUT2D eigenvalue weighted by molar-refractivity contribution is 6.07. The Morgan fingerprint density at radius 2 is 2.14 bits per heavy atom. The average molecular weight is 288 g/mol. The number of H-pyrrole nitrogens is 1. The van der Waals surface area contributed by atoms with E-state index in [0.717, 1.165) is 17.3 Å². The van der Waals surface area contributed by atoms with Crippen molar-refractivity contribution < 1.29 is 9.59 Å². The van der Waals surface area contributed by atoms with Crippen molar-refractivity contribution in [3.05, 3.63) is 30.0 Å². The fourth-order valence-corrected chi connectivity index (χ4v) is 2.27. The van der Waals surface area contributed by atoms with Gasteiger partial charge in [0, 0.05) is 36.4 Å². The molecule has 0 spiro atoms. The summed E-state index contributed by atoms with van der Waals surface area (Å²) < 4.78 is 0. The number of aromatic nitrogens is 1. The molecule has 1 aromatic heterocycles. The van der Waals surface area contributed by atoms with Gasteiger partial charge in [0.15, 0.2) is 0 Å². The van der Waals surface area contributed by atoms with E-state index >= 15 is 0 Å². The lowest BCUT2D eigenvalue weighted by molar-refractivity contribution is -0.121. The van der Waals surface area contributed by atoms with Crippen LogP contribution in [-0.2, 0) is 4.79 Å². The molecule has 21 heavy (non-hydrogen) atoms. The summed E-state index contributed by atoms with van der Waals surface area (Å²) in [4.78, 5) is 28.8. The van der Waals surface area contributed by atoms with E-state index < -0.39 is 0 Å². The normalized spacial score (nSPS) is 10.6. The molecular weight excluding hydrogens is 268 g/mol. The molecule has 0 radical (unpaired) electrons. The summed E-state index contributed by atoms with van der Waals surface area (Å²) in [6.07, 6.45) is 2.46. The van der Waals surface area contributed by atoms with Crippen LogP contribution in [0.4, 0.5) is 5.69 Å². The Bertz CT molecular complexity index is 663. The fourth-order valence-electron chi connectivity index (χ4n) is 2.27. The van der Waals surface area contributed by atoms with Gasteiger partial charge in [0.25, 0.3) is 5.91 Å². The number of rotatable bonds is 5. The van der Waals surface area contributed by atoms with E-state index in [1.807, 2.05) is 13.0 Å². The monoisotopic (exact) mass is 288 g/mol. The molecule has 0 saturated carbocycles.